The molecule has 4 N–H and O–H groups in total. The average molecular weight is 247 g/mol. The molecule has 1 aromatic carbocycles. The highest BCUT2D eigenvalue weighted by Gasteiger charge is 2.22. The molecule has 1 saturated carbocycles. The maximum absolute atomic E-state index is 11.8. The van der Waals surface area contributed by atoms with Crippen molar-refractivity contribution >= 4 is 6.03 Å². The molecule has 18 heavy (non-hydrogen) atoms. The third kappa shape index (κ3) is 3.74. The highest BCUT2D eigenvalue weighted by Crippen LogP contribution is 2.16. The molecule has 1 aromatic rings. The first kappa shape index (κ1) is 12.9. The topological polar surface area (TPSA) is 67.1 Å². The summed E-state index contributed by atoms with van der Waals surface area (Å²) in [6, 6.07) is 9.97. The summed E-state index contributed by atoms with van der Waals surface area (Å²) in [5.41, 5.74) is 7.09. The Labute approximate surface area is 108 Å². The fourth-order valence-electron chi connectivity index (χ4n) is 2.34. The molecule has 4 heteroatoms. The largest absolute Gasteiger partial charge is 0.334 e. The number of hydrogen-bond donors (Lipinski definition) is 3. The van der Waals surface area contributed by atoms with Gasteiger partial charge < -0.3 is 16.4 Å². The second kappa shape index (κ2) is 6.40. The van der Waals surface area contributed by atoms with Crippen LogP contribution in [0.15, 0.2) is 30.3 Å². The minimum atomic E-state index is -0.124. The molecule has 2 rings (SSSR count). The highest BCUT2D eigenvalue weighted by molar-refractivity contribution is 5.74. The summed E-state index contributed by atoms with van der Waals surface area (Å²) in [7, 11) is 0. The predicted octanol–water partition coefficient (Wildman–Crippen LogP) is 1.76. The fraction of sp³-hybridized carbons (Fsp3) is 0.500. The van der Waals surface area contributed by atoms with Crippen molar-refractivity contribution in [2.24, 2.45) is 5.73 Å². The number of hydrogen-bond acceptors (Lipinski definition) is 2. The van der Waals surface area contributed by atoms with Crippen molar-refractivity contribution in [1.82, 2.24) is 10.6 Å². The molecule has 0 radical (unpaired) electrons. The Balaban J connectivity index is 1.75. The van der Waals surface area contributed by atoms with Gasteiger partial charge in [0, 0.05) is 18.6 Å². The molecule has 1 aliphatic rings. The Bertz CT molecular complexity index is 380. The van der Waals surface area contributed by atoms with Crippen LogP contribution in [0.2, 0.25) is 0 Å². The summed E-state index contributed by atoms with van der Waals surface area (Å²) >= 11 is 0. The third-order valence-corrected chi connectivity index (χ3v) is 3.43. The Hall–Kier alpha value is -1.55. The smallest absolute Gasteiger partial charge is 0.315 e. The molecule has 98 valence electrons. The second-order valence-corrected chi connectivity index (χ2v) is 4.87. The van der Waals surface area contributed by atoms with E-state index in [4.69, 9.17) is 5.73 Å². The Morgan fingerprint density at radius 1 is 1.22 bits per heavy atom. The van der Waals surface area contributed by atoms with Gasteiger partial charge in [0.1, 0.15) is 0 Å². The maximum atomic E-state index is 11.8. The third-order valence-electron chi connectivity index (χ3n) is 3.43. The van der Waals surface area contributed by atoms with E-state index in [1.807, 2.05) is 30.3 Å². The van der Waals surface area contributed by atoms with Gasteiger partial charge >= 0.3 is 6.03 Å². The molecule has 0 aliphatic heterocycles. The van der Waals surface area contributed by atoms with E-state index >= 15 is 0 Å². The number of carbonyl (C=O) groups is 1. The van der Waals surface area contributed by atoms with E-state index in [9.17, 15) is 4.79 Å². The van der Waals surface area contributed by atoms with Crippen molar-refractivity contribution in [3.05, 3.63) is 35.9 Å². The van der Waals surface area contributed by atoms with Crippen LogP contribution in [0.1, 0.15) is 31.2 Å². The molecule has 0 aromatic heterocycles. The van der Waals surface area contributed by atoms with E-state index in [1.54, 1.807) is 0 Å². The average Bonchev–Trinajstić information content (AvgIpc) is 2.40. The number of nitrogens with two attached hydrogens (primary N) is 1. The van der Waals surface area contributed by atoms with E-state index < -0.39 is 0 Å². The molecular formula is C14H21N3O. The summed E-state index contributed by atoms with van der Waals surface area (Å²) in [6.07, 6.45) is 4.31. The number of rotatable bonds is 3. The summed E-state index contributed by atoms with van der Waals surface area (Å²) in [5.74, 6) is 0. The SMILES string of the molecule is NC1CCCCC1NC(=O)NCc1ccccc1. The lowest BCUT2D eigenvalue weighted by Gasteiger charge is -2.29. The quantitative estimate of drug-likeness (QED) is 0.762. The van der Waals surface area contributed by atoms with Crippen LogP contribution in [-0.4, -0.2) is 18.1 Å². The molecular weight excluding hydrogens is 226 g/mol. The molecule has 0 heterocycles. The van der Waals surface area contributed by atoms with Gasteiger partial charge in [-0.25, -0.2) is 4.79 Å². The zero-order chi connectivity index (χ0) is 12.8. The first-order valence-corrected chi connectivity index (χ1v) is 6.59. The van der Waals surface area contributed by atoms with Crippen molar-refractivity contribution in [1.29, 1.82) is 0 Å². The fourth-order valence-corrected chi connectivity index (χ4v) is 2.34. The van der Waals surface area contributed by atoms with Crippen LogP contribution >= 0.6 is 0 Å². The van der Waals surface area contributed by atoms with Crippen LogP contribution in [0.25, 0.3) is 0 Å². The van der Waals surface area contributed by atoms with Gasteiger partial charge in [0.25, 0.3) is 0 Å². The van der Waals surface area contributed by atoms with E-state index in [0.29, 0.717) is 6.54 Å². The lowest BCUT2D eigenvalue weighted by atomic mass is 9.91. The molecule has 0 spiro atoms. The van der Waals surface area contributed by atoms with Crippen molar-refractivity contribution in [2.75, 3.05) is 0 Å². The molecule has 2 atom stereocenters. The van der Waals surface area contributed by atoms with Crippen LogP contribution in [0.3, 0.4) is 0 Å². The van der Waals surface area contributed by atoms with Gasteiger partial charge in [0.05, 0.1) is 0 Å². The molecule has 4 nitrogen and oxygen atoms in total. The first-order chi connectivity index (χ1) is 8.75. The van der Waals surface area contributed by atoms with Crippen LogP contribution in [0, 0.1) is 0 Å². The standard InChI is InChI=1S/C14H21N3O/c15-12-8-4-5-9-13(12)17-14(18)16-10-11-6-2-1-3-7-11/h1-3,6-7,12-13H,4-5,8-10,15H2,(H2,16,17,18). The van der Waals surface area contributed by atoms with Gasteiger partial charge in [0.2, 0.25) is 0 Å². The van der Waals surface area contributed by atoms with Crippen molar-refractivity contribution in [2.45, 2.75) is 44.3 Å². The highest BCUT2D eigenvalue weighted by atomic mass is 16.2. The van der Waals surface area contributed by atoms with Gasteiger partial charge in [-0.15, -0.1) is 0 Å². The number of amides is 2. The molecule has 0 bridgehead atoms. The minimum absolute atomic E-state index is 0.0984. The van der Waals surface area contributed by atoms with E-state index in [-0.39, 0.29) is 18.1 Å². The zero-order valence-corrected chi connectivity index (χ0v) is 10.6. The Kier molecular flexibility index (Phi) is 4.59. The number of carbonyl (C=O) groups excluding carboxylic acids is 1. The van der Waals surface area contributed by atoms with Crippen LogP contribution in [0.4, 0.5) is 4.79 Å². The zero-order valence-electron chi connectivity index (χ0n) is 10.6. The van der Waals surface area contributed by atoms with Gasteiger partial charge in [-0.05, 0) is 18.4 Å². The van der Waals surface area contributed by atoms with Gasteiger partial charge in [-0.2, -0.15) is 0 Å². The predicted molar refractivity (Wildman–Crippen MR) is 72.0 cm³/mol. The Morgan fingerprint density at radius 3 is 2.67 bits per heavy atom. The summed E-state index contributed by atoms with van der Waals surface area (Å²) in [5, 5.41) is 5.83. The normalized spacial score (nSPS) is 23.4. The van der Waals surface area contributed by atoms with Crippen molar-refractivity contribution in [3.63, 3.8) is 0 Å². The minimum Gasteiger partial charge on any atom is -0.334 e. The van der Waals surface area contributed by atoms with Crippen molar-refractivity contribution < 1.29 is 4.79 Å². The van der Waals surface area contributed by atoms with E-state index in [1.165, 1.54) is 6.42 Å². The van der Waals surface area contributed by atoms with Gasteiger partial charge in [-0.1, -0.05) is 43.2 Å². The lowest BCUT2D eigenvalue weighted by Crippen LogP contribution is -2.52. The van der Waals surface area contributed by atoms with Gasteiger partial charge in [0.15, 0.2) is 0 Å². The van der Waals surface area contributed by atoms with Crippen LogP contribution in [0.5, 0.6) is 0 Å². The number of urea groups is 1. The van der Waals surface area contributed by atoms with Crippen molar-refractivity contribution in [3.8, 4) is 0 Å². The lowest BCUT2D eigenvalue weighted by molar-refractivity contribution is 0.228. The number of nitrogens with one attached hydrogen (secondary N) is 2. The van der Waals surface area contributed by atoms with Crippen LogP contribution in [-0.2, 0) is 6.54 Å². The molecule has 2 amide bonds. The monoisotopic (exact) mass is 247 g/mol. The molecule has 1 aliphatic carbocycles. The number of benzene rings is 1. The van der Waals surface area contributed by atoms with E-state index in [2.05, 4.69) is 10.6 Å². The Morgan fingerprint density at radius 2 is 1.94 bits per heavy atom. The summed E-state index contributed by atoms with van der Waals surface area (Å²) < 4.78 is 0. The molecule has 0 saturated heterocycles. The van der Waals surface area contributed by atoms with Crippen LogP contribution < -0.4 is 16.4 Å². The summed E-state index contributed by atoms with van der Waals surface area (Å²) in [6.45, 7) is 0.550. The van der Waals surface area contributed by atoms with Gasteiger partial charge in [-0.3, -0.25) is 0 Å². The second-order valence-electron chi connectivity index (χ2n) is 4.87. The molecule has 2 unspecified atom stereocenters. The first-order valence-electron chi connectivity index (χ1n) is 6.59. The summed E-state index contributed by atoms with van der Waals surface area (Å²) in [4.78, 5) is 11.8. The maximum Gasteiger partial charge on any atom is 0.315 e. The van der Waals surface area contributed by atoms with E-state index in [0.717, 1.165) is 24.8 Å². The molecule has 1 fully saturated rings.